The number of rotatable bonds is 7. The second-order valence-corrected chi connectivity index (χ2v) is 12.3. The molecule has 1 unspecified atom stereocenters. The van der Waals surface area contributed by atoms with Gasteiger partial charge in [-0.1, -0.05) is 23.2 Å². The molecule has 2 aliphatic rings. The first-order valence-corrected chi connectivity index (χ1v) is 14.3. The highest BCUT2D eigenvalue weighted by atomic mass is 35.5. The first-order valence-electron chi connectivity index (χ1n) is 11.7. The van der Waals surface area contributed by atoms with Crippen LogP contribution in [-0.4, -0.2) is 56.1 Å². The normalized spacial score (nSPS) is 20.6. The van der Waals surface area contributed by atoms with Gasteiger partial charge in [0.1, 0.15) is 5.82 Å². The van der Waals surface area contributed by atoms with Gasteiger partial charge < -0.3 is 0 Å². The highest BCUT2D eigenvalue weighted by molar-refractivity contribution is 7.89. The van der Waals surface area contributed by atoms with Crippen LogP contribution in [0, 0.1) is 5.82 Å². The molecule has 6 nitrogen and oxygen atoms in total. The van der Waals surface area contributed by atoms with E-state index in [4.69, 9.17) is 23.2 Å². The summed E-state index contributed by atoms with van der Waals surface area (Å²) in [7, 11) is -3.78. The molecular weight excluding hydrogens is 512 g/mol. The Balaban J connectivity index is 1.48. The summed E-state index contributed by atoms with van der Waals surface area (Å²) >= 11 is 12.4. The maximum absolute atomic E-state index is 14.9. The lowest BCUT2D eigenvalue weighted by molar-refractivity contribution is 0.0503. The Hall–Kier alpha value is -1.71. The molecule has 190 valence electrons. The Bertz CT molecular complexity index is 1220. The molecule has 10 heteroatoms. The topological polar surface area (TPSA) is 69.7 Å². The van der Waals surface area contributed by atoms with Crippen LogP contribution in [0.3, 0.4) is 0 Å². The van der Waals surface area contributed by atoms with E-state index in [2.05, 4.69) is 23.6 Å². The van der Waals surface area contributed by atoms with Gasteiger partial charge in [0.05, 0.1) is 11.8 Å². The number of amides is 1. The fourth-order valence-corrected chi connectivity index (χ4v) is 5.94. The second kappa shape index (κ2) is 10.3. The van der Waals surface area contributed by atoms with Crippen LogP contribution in [0.2, 0.25) is 10.0 Å². The minimum absolute atomic E-state index is 0.149. The third kappa shape index (κ3) is 6.54. The third-order valence-corrected chi connectivity index (χ3v) is 7.78. The van der Waals surface area contributed by atoms with E-state index in [9.17, 15) is 17.6 Å². The minimum Gasteiger partial charge on any atom is -0.296 e. The van der Waals surface area contributed by atoms with E-state index in [1.165, 1.54) is 12.1 Å². The number of nitrogens with zero attached hydrogens (tertiary/aromatic N) is 2. The average molecular weight is 543 g/mol. The van der Waals surface area contributed by atoms with Crippen LogP contribution in [0.1, 0.15) is 65.7 Å². The number of sulfonamides is 1. The lowest BCUT2D eigenvalue weighted by Crippen LogP contribution is -2.52. The van der Waals surface area contributed by atoms with Crippen LogP contribution in [0.25, 0.3) is 0 Å². The monoisotopic (exact) mass is 541 g/mol. The summed E-state index contributed by atoms with van der Waals surface area (Å²) in [5.74, 6) is -1.36. The van der Waals surface area contributed by atoms with Crippen molar-refractivity contribution in [2.45, 2.75) is 51.2 Å². The van der Waals surface area contributed by atoms with Gasteiger partial charge >= 0.3 is 0 Å². The van der Waals surface area contributed by atoms with Crippen LogP contribution >= 0.6 is 23.2 Å². The van der Waals surface area contributed by atoms with Gasteiger partial charge in [-0.2, -0.15) is 0 Å². The fraction of sp³-hybridized carbons (Fsp3) is 0.480. The van der Waals surface area contributed by atoms with Crippen molar-refractivity contribution in [3.05, 3.63) is 68.4 Å². The van der Waals surface area contributed by atoms with Gasteiger partial charge in [-0.05, 0) is 79.6 Å². The van der Waals surface area contributed by atoms with E-state index in [0.717, 1.165) is 55.4 Å². The largest absolute Gasteiger partial charge is 0.296 e. The molecule has 2 fully saturated rings. The molecule has 0 aromatic heterocycles. The number of carbonyl (C=O) groups excluding carboxylic acids is 1. The Morgan fingerprint density at radius 1 is 1.14 bits per heavy atom. The van der Waals surface area contributed by atoms with Gasteiger partial charge in [0.25, 0.3) is 5.91 Å². The first-order chi connectivity index (χ1) is 16.4. The molecule has 2 aromatic carbocycles. The van der Waals surface area contributed by atoms with E-state index in [-0.39, 0.29) is 23.6 Å². The summed E-state index contributed by atoms with van der Waals surface area (Å²) in [6.07, 6.45) is 2.84. The van der Waals surface area contributed by atoms with E-state index in [0.29, 0.717) is 16.6 Å². The maximum Gasteiger partial charge on any atom is 0.267 e. The number of halogens is 3. The number of hydrogen-bond acceptors (Lipinski definition) is 5. The number of piperazine rings is 1. The average Bonchev–Trinajstić information content (AvgIpc) is 3.57. The quantitative estimate of drug-likeness (QED) is 0.536. The molecule has 1 aliphatic heterocycles. The van der Waals surface area contributed by atoms with E-state index < -0.39 is 21.7 Å². The molecule has 1 amide bonds. The summed E-state index contributed by atoms with van der Waals surface area (Å²) < 4.78 is 39.6. The highest BCUT2D eigenvalue weighted by Gasteiger charge is 2.32. The third-order valence-electron chi connectivity index (χ3n) is 6.79. The molecule has 0 radical (unpaired) electrons. The highest BCUT2D eigenvalue weighted by Crippen LogP contribution is 2.43. The van der Waals surface area contributed by atoms with Crippen molar-refractivity contribution in [1.82, 2.24) is 14.5 Å². The fourth-order valence-electron chi connectivity index (χ4n) is 4.95. The molecule has 35 heavy (non-hydrogen) atoms. The molecule has 1 saturated carbocycles. The van der Waals surface area contributed by atoms with E-state index >= 15 is 0 Å². The van der Waals surface area contributed by atoms with Crippen LogP contribution in [0.15, 0.2) is 30.3 Å². The molecular formula is C25H30Cl2FN3O3S. The van der Waals surface area contributed by atoms with Crippen LogP contribution < -0.4 is 4.72 Å². The molecule has 4 rings (SSSR count). The molecule has 0 bridgehead atoms. The van der Waals surface area contributed by atoms with Crippen LogP contribution in [-0.2, 0) is 16.6 Å². The van der Waals surface area contributed by atoms with Crippen molar-refractivity contribution in [3.8, 4) is 0 Å². The molecule has 1 aliphatic carbocycles. The van der Waals surface area contributed by atoms with Gasteiger partial charge in [-0.15, -0.1) is 0 Å². The number of hydrogen-bond donors (Lipinski definition) is 1. The predicted molar refractivity (Wildman–Crippen MR) is 137 cm³/mol. The lowest BCUT2D eigenvalue weighted by atomic mass is 9.97. The zero-order chi connectivity index (χ0) is 25.5. The lowest BCUT2D eigenvalue weighted by Gasteiger charge is -2.43. The Morgan fingerprint density at radius 3 is 2.37 bits per heavy atom. The maximum atomic E-state index is 14.9. The SMILES string of the molecule is CC1CN(Cc2cc(F)c(C(=O)NS(C)(=O)=O)cc2C2CC2)CCN1[C@@H](C)c1cc(Cl)cc(Cl)c1. The minimum atomic E-state index is -3.78. The Labute approximate surface area is 216 Å². The molecule has 1 saturated heterocycles. The number of benzene rings is 2. The number of carbonyl (C=O) groups is 1. The first kappa shape index (κ1) is 26.4. The zero-order valence-corrected chi connectivity index (χ0v) is 22.4. The number of nitrogens with one attached hydrogen (secondary N) is 1. The van der Waals surface area contributed by atoms with Gasteiger partial charge in [0.15, 0.2) is 0 Å². The van der Waals surface area contributed by atoms with Crippen LogP contribution in [0.4, 0.5) is 4.39 Å². The molecule has 0 spiro atoms. The van der Waals surface area contributed by atoms with Crippen molar-refractivity contribution in [3.63, 3.8) is 0 Å². The van der Waals surface area contributed by atoms with E-state index in [1.54, 1.807) is 6.07 Å². The van der Waals surface area contributed by atoms with E-state index in [1.807, 2.05) is 16.9 Å². The molecule has 2 aromatic rings. The Morgan fingerprint density at radius 2 is 1.80 bits per heavy atom. The van der Waals surface area contributed by atoms with Crippen molar-refractivity contribution in [2.75, 3.05) is 25.9 Å². The van der Waals surface area contributed by atoms with Crippen molar-refractivity contribution >= 4 is 39.1 Å². The van der Waals surface area contributed by atoms with Crippen LogP contribution in [0.5, 0.6) is 0 Å². The van der Waals surface area contributed by atoms with Gasteiger partial charge in [-0.3, -0.25) is 14.6 Å². The van der Waals surface area contributed by atoms with Gasteiger partial charge in [-0.25, -0.2) is 17.5 Å². The van der Waals surface area contributed by atoms with Crippen molar-refractivity contribution in [1.29, 1.82) is 0 Å². The molecule has 1 N–H and O–H groups in total. The Kier molecular flexibility index (Phi) is 7.79. The molecule has 1 heterocycles. The standard InChI is InChI=1S/C25H30Cl2FN3O3S/c1-15-13-30(6-7-31(15)16(2)18-8-20(26)11-21(27)9-18)14-19-10-24(28)23(12-22(19)17-4-5-17)25(32)29-35(3,33)34/h8-12,15-17H,4-7,13-14H2,1-3H3,(H,29,32)/t15?,16-/m0/s1. The van der Waals surface area contributed by atoms with Gasteiger partial charge in [0.2, 0.25) is 10.0 Å². The van der Waals surface area contributed by atoms with Gasteiger partial charge in [0, 0.05) is 48.3 Å². The predicted octanol–water partition coefficient (Wildman–Crippen LogP) is 4.97. The second-order valence-electron chi connectivity index (χ2n) is 9.71. The molecule has 2 atom stereocenters. The summed E-state index contributed by atoms with van der Waals surface area (Å²) in [5, 5.41) is 1.24. The summed E-state index contributed by atoms with van der Waals surface area (Å²) in [5.41, 5.74) is 2.63. The smallest absolute Gasteiger partial charge is 0.267 e. The van der Waals surface area contributed by atoms with Crippen molar-refractivity contribution < 1.29 is 17.6 Å². The van der Waals surface area contributed by atoms with Crippen molar-refractivity contribution in [2.24, 2.45) is 0 Å². The summed E-state index contributed by atoms with van der Waals surface area (Å²) in [4.78, 5) is 17.0. The zero-order valence-electron chi connectivity index (χ0n) is 20.0. The summed E-state index contributed by atoms with van der Waals surface area (Å²) in [6, 6.07) is 8.97. The summed E-state index contributed by atoms with van der Waals surface area (Å²) in [6.45, 7) is 7.35.